The van der Waals surface area contributed by atoms with Crippen LogP contribution in [0.25, 0.3) is 11.0 Å². The van der Waals surface area contributed by atoms with Crippen molar-refractivity contribution in [1.29, 1.82) is 5.26 Å². The summed E-state index contributed by atoms with van der Waals surface area (Å²) in [5.74, 6) is 0.566. The maximum absolute atomic E-state index is 13.1. The maximum Gasteiger partial charge on any atom is 0.236 e. The van der Waals surface area contributed by atoms with Crippen LogP contribution >= 0.6 is 0 Å². The number of benzene rings is 1. The number of hydrogen-bond donors (Lipinski definition) is 1. The lowest BCUT2D eigenvalue weighted by Crippen LogP contribution is -2.52. The van der Waals surface area contributed by atoms with Gasteiger partial charge in [0, 0.05) is 38.9 Å². The first-order valence-electron chi connectivity index (χ1n) is 11.9. The van der Waals surface area contributed by atoms with Crippen molar-refractivity contribution in [3.05, 3.63) is 48.4 Å². The Kier molecular flexibility index (Phi) is 7.29. The highest BCUT2D eigenvalue weighted by Gasteiger charge is 2.32. The predicted molar refractivity (Wildman–Crippen MR) is 135 cm³/mol. The van der Waals surface area contributed by atoms with E-state index in [2.05, 4.69) is 27.1 Å². The Bertz CT molecular complexity index is 1330. The largest absolute Gasteiger partial charge is 0.354 e. The summed E-state index contributed by atoms with van der Waals surface area (Å²) in [4.78, 5) is 49.3. The summed E-state index contributed by atoms with van der Waals surface area (Å²) in [5, 5.41) is 12.4. The number of carbonyl (C=O) groups is 3. The number of likely N-dealkylation sites (N-methyl/N-ethyl adjacent to an activating group) is 1. The molecule has 4 rings (SSSR count). The number of nitrogens with one attached hydrogen (secondary N) is 1. The molecule has 10 heteroatoms. The van der Waals surface area contributed by atoms with E-state index in [9.17, 15) is 14.4 Å². The van der Waals surface area contributed by atoms with E-state index in [1.807, 2.05) is 31.3 Å². The van der Waals surface area contributed by atoms with Crippen LogP contribution in [0.2, 0.25) is 0 Å². The number of anilines is 2. The minimum absolute atomic E-state index is 0.0145. The van der Waals surface area contributed by atoms with Crippen LogP contribution < -0.4 is 10.2 Å². The van der Waals surface area contributed by atoms with E-state index >= 15 is 0 Å². The molecule has 186 valence electrons. The molecule has 0 radical (unpaired) electrons. The number of fused-ring (bicyclic) bond motifs is 1. The number of nitrogens with zero attached hydrogens (tertiary/aromatic N) is 6. The van der Waals surface area contributed by atoms with Crippen molar-refractivity contribution in [1.82, 2.24) is 19.4 Å². The van der Waals surface area contributed by atoms with Crippen LogP contribution in [-0.4, -0.2) is 63.3 Å². The molecule has 1 aromatic carbocycles. The van der Waals surface area contributed by atoms with E-state index in [1.54, 1.807) is 23.2 Å². The van der Waals surface area contributed by atoms with Gasteiger partial charge in [0.25, 0.3) is 0 Å². The number of amides is 2. The molecule has 0 aliphatic carbocycles. The van der Waals surface area contributed by atoms with Crippen molar-refractivity contribution < 1.29 is 14.4 Å². The second-order valence-corrected chi connectivity index (χ2v) is 9.19. The SMILES string of the molecule is CC(=O)Nc1ccc(CC(=O)n2ccc3c(N(C)[C@H]4CN(C(=O)CC#N)CC[C@H]4C)ncnc32)cc1. The van der Waals surface area contributed by atoms with Gasteiger partial charge in [-0.1, -0.05) is 19.1 Å². The number of carbonyl (C=O) groups excluding carboxylic acids is 3. The Hall–Kier alpha value is -4.26. The average molecular weight is 488 g/mol. The van der Waals surface area contributed by atoms with Crippen LogP contribution in [0.15, 0.2) is 42.9 Å². The molecule has 0 unspecified atom stereocenters. The summed E-state index contributed by atoms with van der Waals surface area (Å²) in [6, 6.07) is 11.0. The van der Waals surface area contributed by atoms with E-state index in [4.69, 9.17) is 5.26 Å². The van der Waals surface area contributed by atoms with Gasteiger partial charge < -0.3 is 15.1 Å². The van der Waals surface area contributed by atoms with Crippen molar-refractivity contribution >= 4 is 40.3 Å². The molecule has 2 atom stereocenters. The smallest absolute Gasteiger partial charge is 0.236 e. The predicted octanol–water partition coefficient (Wildman–Crippen LogP) is 2.86. The van der Waals surface area contributed by atoms with Crippen LogP contribution in [0.3, 0.4) is 0 Å². The van der Waals surface area contributed by atoms with Crippen molar-refractivity contribution in [3.8, 4) is 6.07 Å². The number of piperidine rings is 1. The van der Waals surface area contributed by atoms with Gasteiger partial charge in [0.15, 0.2) is 5.65 Å². The zero-order valence-corrected chi connectivity index (χ0v) is 20.6. The highest BCUT2D eigenvalue weighted by molar-refractivity contribution is 5.96. The second-order valence-electron chi connectivity index (χ2n) is 9.19. The van der Waals surface area contributed by atoms with E-state index < -0.39 is 0 Å². The molecule has 36 heavy (non-hydrogen) atoms. The molecule has 1 fully saturated rings. The second kappa shape index (κ2) is 10.6. The highest BCUT2D eigenvalue weighted by Crippen LogP contribution is 2.30. The first kappa shape index (κ1) is 24.9. The van der Waals surface area contributed by atoms with Gasteiger partial charge in [-0.05, 0) is 36.1 Å². The summed E-state index contributed by atoms with van der Waals surface area (Å²) in [7, 11) is 1.94. The van der Waals surface area contributed by atoms with Crippen molar-refractivity contribution in [2.45, 2.75) is 39.2 Å². The third kappa shape index (κ3) is 5.20. The van der Waals surface area contributed by atoms with Gasteiger partial charge in [-0.15, -0.1) is 0 Å². The monoisotopic (exact) mass is 487 g/mol. The number of rotatable bonds is 6. The molecule has 0 spiro atoms. The van der Waals surface area contributed by atoms with Crippen LogP contribution in [-0.2, 0) is 16.0 Å². The van der Waals surface area contributed by atoms with Gasteiger partial charge in [-0.25, -0.2) is 9.97 Å². The molecular formula is C26H29N7O3. The maximum atomic E-state index is 13.1. The van der Waals surface area contributed by atoms with Crippen LogP contribution in [0.4, 0.5) is 11.5 Å². The summed E-state index contributed by atoms with van der Waals surface area (Å²) >= 11 is 0. The minimum atomic E-state index is -0.155. The van der Waals surface area contributed by atoms with Gasteiger partial charge in [0.2, 0.25) is 17.7 Å². The van der Waals surface area contributed by atoms with Gasteiger partial charge in [0.1, 0.15) is 18.6 Å². The minimum Gasteiger partial charge on any atom is -0.354 e. The van der Waals surface area contributed by atoms with Crippen LogP contribution in [0.5, 0.6) is 0 Å². The fourth-order valence-electron chi connectivity index (χ4n) is 4.71. The Balaban J connectivity index is 1.54. The van der Waals surface area contributed by atoms with Gasteiger partial charge in [-0.3, -0.25) is 19.0 Å². The fourth-order valence-corrected chi connectivity index (χ4v) is 4.71. The topological polar surface area (TPSA) is 124 Å². The van der Waals surface area contributed by atoms with Crippen molar-refractivity contribution in [2.75, 3.05) is 30.4 Å². The van der Waals surface area contributed by atoms with Gasteiger partial charge in [-0.2, -0.15) is 5.26 Å². The first-order valence-corrected chi connectivity index (χ1v) is 11.9. The highest BCUT2D eigenvalue weighted by atomic mass is 16.2. The standard InChI is InChI=1S/C26H29N7O3/c1-17-9-12-32(23(35)8-11-27)15-22(17)31(3)25-21-10-13-33(26(21)29-16-28-25)24(36)14-19-4-6-20(7-5-19)30-18(2)34/h4-7,10,13,16-17,22H,8-9,12,14-15H2,1-3H3,(H,30,34)/t17-,22+/m1/s1. The number of likely N-dealkylation sites (tertiary alicyclic amines) is 1. The average Bonchev–Trinajstić information content (AvgIpc) is 3.29. The molecule has 1 aliphatic rings. The third-order valence-electron chi connectivity index (χ3n) is 6.69. The van der Waals surface area contributed by atoms with E-state index in [0.29, 0.717) is 36.2 Å². The Morgan fingerprint density at radius 3 is 2.61 bits per heavy atom. The van der Waals surface area contributed by atoms with Crippen molar-refractivity contribution in [2.24, 2.45) is 5.92 Å². The van der Waals surface area contributed by atoms with Gasteiger partial charge in [0.05, 0.1) is 23.9 Å². The molecule has 1 N–H and O–H groups in total. The van der Waals surface area contributed by atoms with E-state index in [-0.39, 0.29) is 36.6 Å². The number of aromatic nitrogens is 3. The van der Waals surface area contributed by atoms with Crippen LogP contribution in [0.1, 0.15) is 37.0 Å². The third-order valence-corrected chi connectivity index (χ3v) is 6.69. The lowest BCUT2D eigenvalue weighted by atomic mass is 9.92. The first-order chi connectivity index (χ1) is 17.3. The molecule has 0 bridgehead atoms. The normalized spacial score (nSPS) is 17.4. The van der Waals surface area contributed by atoms with Crippen molar-refractivity contribution in [3.63, 3.8) is 0 Å². The summed E-state index contributed by atoms with van der Waals surface area (Å²) in [5.41, 5.74) is 2.02. The molecule has 1 aliphatic heterocycles. The Morgan fingerprint density at radius 2 is 1.92 bits per heavy atom. The lowest BCUT2D eigenvalue weighted by Gasteiger charge is -2.42. The number of nitriles is 1. The molecule has 3 aromatic rings. The summed E-state index contributed by atoms with van der Waals surface area (Å²) in [6.07, 6.45) is 4.04. The Morgan fingerprint density at radius 1 is 1.17 bits per heavy atom. The summed E-state index contributed by atoms with van der Waals surface area (Å²) in [6.45, 7) is 4.75. The zero-order valence-electron chi connectivity index (χ0n) is 20.6. The zero-order chi connectivity index (χ0) is 25.8. The van der Waals surface area contributed by atoms with E-state index in [0.717, 1.165) is 17.4 Å². The summed E-state index contributed by atoms with van der Waals surface area (Å²) < 4.78 is 1.53. The molecule has 0 saturated carbocycles. The lowest BCUT2D eigenvalue weighted by molar-refractivity contribution is -0.131. The molecule has 1 saturated heterocycles. The Labute approximate surface area is 209 Å². The molecule has 10 nitrogen and oxygen atoms in total. The molecule has 3 heterocycles. The number of hydrogen-bond acceptors (Lipinski definition) is 7. The van der Waals surface area contributed by atoms with Crippen LogP contribution in [0, 0.1) is 17.2 Å². The van der Waals surface area contributed by atoms with Gasteiger partial charge >= 0.3 is 0 Å². The van der Waals surface area contributed by atoms with E-state index in [1.165, 1.54) is 17.8 Å². The fraction of sp³-hybridized carbons (Fsp3) is 0.385. The quantitative estimate of drug-likeness (QED) is 0.567. The molecular weight excluding hydrogens is 458 g/mol. The molecule has 2 aromatic heterocycles. The molecule has 2 amide bonds.